The first-order valence-electron chi connectivity index (χ1n) is 7.74. The molecular formula is C17H20ClN5O. The predicted octanol–water partition coefficient (Wildman–Crippen LogP) is 2.96. The number of fused-ring (bicyclic) bond motifs is 1. The van der Waals surface area contributed by atoms with E-state index in [-0.39, 0.29) is 11.3 Å². The van der Waals surface area contributed by atoms with E-state index in [9.17, 15) is 4.79 Å². The van der Waals surface area contributed by atoms with Crippen molar-refractivity contribution in [2.75, 3.05) is 7.05 Å². The first kappa shape index (κ1) is 16.5. The zero-order valence-corrected chi connectivity index (χ0v) is 14.9. The van der Waals surface area contributed by atoms with Crippen molar-refractivity contribution in [3.05, 3.63) is 40.5 Å². The van der Waals surface area contributed by atoms with Crippen LogP contribution in [0, 0.1) is 0 Å². The summed E-state index contributed by atoms with van der Waals surface area (Å²) in [6.45, 7) is 6.19. The number of halogens is 1. The molecule has 0 spiro atoms. The van der Waals surface area contributed by atoms with Crippen molar-refractivity contribution in [3.8, 4) is 11.4 Å². The average molecular weight is 346 g/mol. The summed E-state index contributed by atoms with van der Waals surface area (Å²) in [5, 5.41) is 12.2. The minimum absolute atomic E-state index is 0.0132. The summed E-state index contributed by atoms with van der Waals surface area (Å²) in [6, 6.07) is 7.68. The van der Waals surface area contributed by atoms with E-state index in [1.54, 1.807) is 7.05 Å². The van der Waals surface area contributed by atoms with E-state index in [4.69, 9.17) is 11.6 Å². The summed E-state index contributed by atoms with van der Waals surface area (Å²) in [7, 11) is 1.63. The Bertz CT molecular complexity index is 886. The van der Waals surface area contributed by atoms with E-state index in [1.807, 2.05) is 24.3 Å². The molecule has 0 aliphatic carbocycles. The molecule has 6 nitrogen and oxygen atoms in total. The topological polar surface area (TPSA) is 75.1 Å². The van der Waals surface area contributed by atoms with Crippen LogP contribution in [0.15, 0.2) is 24.3 Å². The summed E-state index contributed by atoms with van der Waals surface area (Å²) in [5.74, 6) is 0.673. The lowest BCUT2D eigenvalue weighted by molar-refractivity contribution is -0.119. The van der Waals surface area contributed by atoms with Crippen LogP contribution in [0.4, 0.5) is 0 Å². The fourth-order valence-corrected chi connectivity index (χ4v) is 2.91. The van der Waals surface area contributed by atoms with Crippen LogP contribution in [0.1, 0.15) is 32.0 Å². The quantitative estimate of drug-likeness (QED) is 0.766. The lowest BCUT2D eigenvalue weighted by atomic mass is 9.92. The van der Waals surface area contributed by atoms with E-state index in [1.165, 1.54) is 4.63 Å². The van der Waals surface area contributed by atoms with Crippen LogP contribution in [-0.4, -0.2) is 32.8 Å². The number of nitrogens with one attached hydrogen (secondary N) is 2. The summed E-state index contributed by atoms with van der Waals surface area (Å²) in [6.07, 6.45) is 0.360. The summed E-state index contributed by atoms with van der Waals surface area (Å²) < 4.78 is 1.54. The van der Waals surface area contributed by atoms with Gasteiger partial charge in [-0.25, -0.2) is 0 Å². The van der Waals surface area contributed by atoms with Crippen molar-refractivity contribution in [3.63, 3.8) is 0 Å². The number of amides is 1. The standard InChI is InChI=1S/C17H20ClN5O/c1-17(2,3)14-13(18)16-20-15(22-23(16)21-14)11-7-5-10(6-8-11)9-12(24)19-4/h5-8H,9H2,1-4H3,(H,19,24)(H,20,22). The zero-order chi connectivity index (χ0) is 17.5. The Morgan fingerprint density at radius 2 is 1.92 bits per heavy atom. The van der Waals surface area contributed by atoms with Crippen LogP contribution in [0.5, 0.6) is 0 Å². The Labute approximate surface area is 145 Å². The fraction of sp³-hybridized carbons (Fsp3) is 0.353. The molecule has 3 aromatic rings. The molecule has 2 aromatic heterocycles. The fourth-order valence-electron chi connectivity index (χ4n) is 2.46. The average Bonchev–Trinajstić information content (AvgIpc) is 3.07. The lowest BCUT2D eigenvalue weighted by Crippen LogP contribution is -2.19. The molecule has 1 amide bonds. The van der Waals surface area contributed by atoms with Gasteiger partial charge in [-0.3, -0.25) is 4.79 Å². The van der Waals surface area contributed by atoms with Crippen LogP contribution in [0.3, 0.4) is 0 Å². The molecule has 7 heteroatoms. The van der Waals surface area contributed by atoms with E-state index >= 15 is 0 Å². The molecule has 3 rings (SSSR count). The minimum Gasteiger partial charge on any atom is -0.359 e. The molecule has 0 aliphatic rings. The van der Waals surface area contributed by atoms with Gasteiger partial charge in [0.2, 0.25) is 5.91 Å². The molecule has 0 bridgehead atoms. The second kappa shape index (κ2) is 5.94. The number of carbonyl (C=O) groups is 1. The van der Waals surface area contributed by atoms with Gasteiger partial charge in [-0.2, -0.15) is 5.10 Å². The minimum atomic E-state index is -0.146. The first-order chi connectivity index (χ1) is 11.3. The Hall–Kier alpha value is -2.34. The number of benzene rings is 1. The molecule has 0 saturated carbocycles. The van der Waals surface area contributed by atoms with Crippen LogP contribution in [-0.2, 0) is 16.6 Å². The highest BCUT2D eigenvalue weighted by molar-refractivity contribution is 6.34. The molecule has 2 N–H and O–H groups in total. The highest BCUT2D eigenvalue weighted by Crippen LogP contribution is 2.31. The van der Waals surface area contributed by atoms with Crippen LogP contribution < -0.4 is 5.32 Å². The number of rotatable bonds is 3. The van der Waals surface area contributed by atoms with Gasteiger partial charge in [-0.15, -0.1) is 9.73 Å². The third-order valence-electron chi connectivity index (χ3n) is 3.82. The van der Waals surface area contributed by atoms with Crippen LogP contribution >= 0.6 is 11.6 Å². The number of H-pyrrole nitrogens is 1. The molecule has 2 heterocycles. The third-order valence-corrected chi connectivity index (χ3v) is 4.18. The molecule has 24 heavy (non-hydrogen) atoms. The number of carbonyl (C=O) groups excluding carboxylic acids is 1. The van der Waals surface area contributed by atoms with E-state index in [0.29, 0.717) is 22.9 Å². The van der Waals surface area contributed by atoms with Crippen molar-refractivity contribution >= 4 is 23.2 Å². The molecular weight excluding hydrogens is 326 g/mol. The SMILES string of the molecule is CNC(=O)Cc1ccc(-c2nn3nc(C(C)(C)C)c(Cl)c3[nH]2)cc1. The van der Waals surface area contributed by atoms with Gasteiger partial charge >= 0.3 is 0 Å². The van der Waals surface area contributed by atoms with Crippen molar-refractivity contribution in [1.29, 1.82) is 0 Å². The van der Waals surface area contributed by atoms with Crippen LogP contribution in [0.25, 0.3) is 17.0 Å². The van der Waals surface area contributed by atoms with Gasteiger partial charge < -0.3 is 10.3 Å². The van der Waals surface area contributed by atoms with Gasteiger partial charge in [0.15, 0.2) is 11.5 Å². The number of likely N-dealkylation sites (N-methyl/N-ethyl adjacent to an activating group) is 1. The second-order valence-corrected chi connectivity index (χ2v) is 7.15. The smallest absolute Gasteiger partial charge is 0.224 e. The van der Waals surface area contributed by atoms with Gasteiger partial charge in [0.1, 0.15) is 5.02 Å². The highest BCUT2D eigenvalue weighted by atomic mass is 35.5. The maximum absolute atomic E-state index is 11.4. The van der Waals surface area contributed by atoms with E-state index in [0.717, 1.165) is 16.8 Å². The van der Waals surface area contributed by atoms with E-state index < -0.39 is 0 Å². The normalized spacial score (nSPS) is 11.9. The monoisotopic (exact) mass is 345 g/mol. The van der Waals surface area contributed by atoms with Gasteiger partial charge in [-0.1, -0.05) is 56.6 Å². The number of hydrogen-bond donors (Lipinski definition) is 2. The van der Waals surface area contributed by atoms with Crippen molar-refractivity contribution in [2.24, 2.45) is 0 Å². The number of aromatic nitrogens is 4. The maximum Gasteiger partial charge on any atom is 0.224 e. The molecule has 126 valence electrons. The molecule has 0 unspecified atom stereocenters. The van der Waals surface area contributed by atoms with E-state index in [2.05, 4.69) is 41.3 Å². The second-order valence-electron chi connectivity index (χ2n) is 6.77. The van der Waals surface area contributed by atoms with Crippen LogP contribution in [0.2, 0.25) is 5.02 Å². The van der Waals surface area contributed by atoms with Gasteiger partial charge in [-0.05, 0) is 5.56 Å². The molecule has 0 saturated heterocycles. The largest absolute Gasteiger partial charge is 0.359 e. The Morgan fingerprint density at radius 3 is 2.46 bits per heavy atom. The predicted molar refractivity (Wildman–Crippen MR) is 94.3 cm³/mol. The molecule has 1 aromatic carbocycles. The Kier molecular flexibility index (Phi) is 4.09. The van der Waals surface area contributed by atoms with Crippen molar-refractivity contribution < 1.29 is 4.79 Å². The third kappa shape index (κ3) is 3.01. The summed E-state index contributed by atoms with van der Waals surface area (Å²) >= 11 is 6.44. The molecule has 0 aliphatic heterocycles. The Balaban J connectivity index is 1.91. The zero-order valence-electron chi connectivity index (χ0n) is 14.1. The molecule has 0 fully saturated rings. The van der Waals surface area contributed by atoms with Gasteiger partial charge in [0.25, 0.3) is 0 Å². The molecule has 0 radical (unpaired) electrons. The van der Waals surface area contributed by atoms with Crippen molar-refractivity contribution in [2.45, 2.75) is 32.6 Å². The number of hydrogen-bond acceptors (Lipinski definition) is 3. The highest BCUT2D eigenvalue weighted by Gasteiger charge is 2.25. The summed E-state index contributed by atoms with van der Waals surface area (Å²) in [4.78, 5) is 14.6. The Morgan fingerprint density at radius 1 is 1.25 bits per heavy atom. The molecule has 0 atom stereocenters. The maximum atomic E-state index is 11.4. The summed E-state index contributed by atoms with van der Waals surface area (Å²) in [5.41, 5.74) is 3.21. The van der Waals surface area contributed by atoms with Gasteiger partial charge in [0.05, 0.1) is 12.1 Å². The number of nitrogens with zero attached hydrogens (tertiary/aromatic N) is 3. The van der Waals surface area contributed by atoms with Gasteiger partial charge in [0, 0.05) is 18.0 Å². The lowest BCUT2D eigenvalue weighted by Gasteiger charge is -2.14. The van der Waals surface area contributed by atoms with Crippen molar-refractivity contribution in [1.82, 2.24) is 25.1 Å². The first-order valence-corrected chi connectivity index (χ1v) is 8.12. The number of aromatic amines is 1.